The van der Waals surface area contributed by atoms with Crippen LogP contribution in [0, 0.1) is 0 Å². The molecule has 1 amide bonds. The van der Waals surface area contributed by atoms with Gasteiger partial charge in [0.2, 0.25) is 0 Å². The fourth-order valence-corrected chi connectivity index (χ4v) is 3.47. The molecule has 28 heavy (non-hydrogen) atoms. The third-order valence-electron chi connectivity index (χ3n) is 4.98. The number of amides is 1. The number of hydrogen-bond acceptors (Lipinski definition) is 4. The molecule has 0 atom stereocenters. The van der Waals surface area contributed by atoms with Crippen LogP contribution in [0.3, 0.4) is 0 Å². The molecule has 5 heteroatoms. The fourth-order valence-electron chi connectivity index (χ4n) is 3.47. The van der Waals surface area contributed by atoms with Crippen molar-refractivity contribution in [1.29, 1.82) is 0 Å². The molecule has 0 N–H and O–H groups in total. The van der Waals surface area contributed by atoms with Crippen molar-refractivity contribution in [2.45, 2.75) is 27.0 Å². The molecule has 1 aliphatic heterocycles. The van der Waals surface area contributed by atoms with Gasteiger partial charge in [-0.05, 0) is 37.6 Å². The van der Waals surface area contributed by atoms with E-state index < -0.39 is 0 Å². The van der Waals surface area contributed by atoms with Crippen LogP contribution in [-0.4, -0.2) is 55.1 Å². The van der Waals surface area contributed by atoms with Crippen molar-refractivity contribution in [3.63, 3.8) is 0 Å². The second-order valence-electron chi connectivity index (χ2n) is 6.95. The minimum Gasteiger partial charge on any atom is -0.494 e. The molecule has 5 nitrogen and oxygen atoms in total. The van der Waals surface area contributed by atoms with Gasteiger partial charge < -0.3 is 14.4 Å². The second-order valence-corrected chi connectivity index (χ2v) is 6.95. The number of benzene rings is 2. The highest BCUT2D eigenvalue weighted by atomic mass is 16.5. The first-order valence-electron chi connectivity index (χ1n) is 10.1. The minimum absolute atomic E-state index is 0.0835. The lowest BCUT2D eigenvalue weighted by Gasteiger charge is -2.35. The Kier molecular flexibility index (Phi) is 7.46. The van der Waals surface area contributed by atoms with Crippen LogP contribution in [0.15, 0.2) is 48.5 Å². The molecule has 0 saturated carbocycles. The Labute approximate surface area is 167 Å². The van der Waals surface area contributed by atoms with Crippen molar-refractivity contribution < 1.29 is 14.3 Å². The molecule has 0 spiro atoms. The smallest absolute Gasteiger partial charge is 0.253 e. The summed E-state index contributed by atoms with van der Waals surface area (Å²) in [6.45, 7) is 9.82. The number of ether oxygens (including phenoxy) is 2. The van der Waals surface area contributed by atoms with Crippen LogP contribution >= 0.6 is 0 Å². The van der Waals surface area contributed by atoms with Gasteiger partial charge >= 0.3 is 0 Å². The summed E-state index contributed by atoms with van der Waals surface area (Å²) in [7, 11) is 0. The zero-order valence-corrected chi connectivity index (χ0v) is 16.9. The van der Waals surface area contributed by atoms with Gasteiger partial charge in [-0.15, -0.1) is 0 Å². The van der Waals surface area contributed by atoms with Gasteiger partial charge in [-0.1, -0.05) is 30.3 Å². The first kappa shape index (κ1) is 20.4. The lowest BCUT2D eigenvalue weighted by Crippen LogP contribution is -2.48. The van der Waals surface area contributed by atoms with Gasteiger partial charge in [0.15, 0.2) is 0 Å². The molecule has 2 aromatic carbocycles. The van der Waals surface area contributed by atoms with Crippen LogP contribution in [-0.2, 0) is 17.9 Å². The number of hydrogen-bond donors (Lipinski definition) is 0. The quantitative estimate of drug-likeness (QED) is 0.700. The van der Waals surface area contributed by atoms with Crippen molar-refractivity contribution in [1.82, 2.24) is 9.80 Å². The maximum atomic E-state index is 13.0. The van der Waals surface area contributed by atoms with E-state index in [1.807, 2.05) is 43.0 Å². The number of piperazine rings is 1. The Bertz CT molecular complexity index is 756. The van der Waals surface area contributed by atoms with Crippen LogP contribution in [0.25, 0.3) is 0 Å². The summed E-state index contributed by atoms with van der Waals surface area (Å²) >= 11 is 0. The van der Waals surface area contributed by atoms with E-state index >= 15 is 0 Å². The van der Waals surface area contributed by atoms with E-state index in [4.69, 9.17) is 9.47 Å². The van der Waals surface area contributed by atoms with Gasteiger partial charge in [0.1, 0.15) is 5.75 Å². The van der Waals surface area contributed by atoms with Crippen molar-refractivity contribution in [2.24, 2.45) is 0 Å². The molecule has 0 radical (unpaired) electrons. The van der Waals surface area contributed by atoms with Crippen LogP contribution in [0.2, 0.25) is 0 Å². The predicted molar refractivity (Wildman–Crippen MR) is 111 cm³/mol. The van der Waals surface area contributed by atoms with Gasteiger partial charge in [-0.25, -0.2) is 0 Å². The van der Waals surface area contributed by atoms with Gasteiger partial charge in [0.05, 0.1) is 13.2 Å². The summed E-state index contributed by atoms with van der Waals surface area (Å²) in [4.78, 5) is 17.3. The largest absolute Gasteiger partial charge is 0.494 e. The van der Waals surface area contributed by atoms with Gasteiger partial charge in [0.25, 0.3) is 5.91 Å². The summed E-state index contributed by atoms with van der Waals surface area (Å²) in [5, 5.41) is 0. The predicted octanol–water partition coefficient (Wildman–Crippen LogP) is 3.58. The van der Waals surface area contributed by atoms with Crippen molar-refractivity contribution in [2.75, 3.05) is 39.4 Å². The average Bonchev–Trinajstić information content (AvgIpc) is 2.74. The molecule has 150 valence electrons. The Hall–Kier alpha value is -2.37. The van der Waals surface area contributed by atoms with E-state index in [0.717, 1.165) is 44.0 Å². The van der Waals surface area contributed by atoms with Crippen molar-refractivity contribution >= 4 is 5.91 Å². The van der Waals surface area contributed by atoms with E-state index in [0.29, 0.717) is 25.4 Å². The molecular weight excluding hydrogens is 352 g/mol. The van der Waals surface area contributed by atoms with E-state index in [1.54, 1.807) is 0 Å². The molecule has 2 aromatic rings. The molecule has 1 aliphatic rings. The summed E-state index contributed by atoms with van der Waals surface area (Å²) < 4.78 is 11.2. The highest BCUT2D eigenvalue weighted by molar-refractivity contribution is 5.94. The topological polar surface area (TPSA) is 42.0 Å². The second kappa shape index (κ2) is 10.2. The molecule has 1 saturated heterocycles. The molecule has 1 fully saturated rings. The number of nitrogens with zero attached hydrogens (tertiary/aromatic N) is 2. The lowest BCUT2D eigenvalue weighted by atomic mass is 10.1. The highest BCUT2D eigenvalue weighted by Crippen LogP contribution is 2.23. The summed E-state index contributed by atoms with van der Waals surface area (Å²) in [5.41, 5.74) is 2.95. The third-order valence-corrected chi connectivity index (χ3v) is 4.98. The Balaban J connectivity index is 1.61. The Morgan fingerprint density at radius 1 is 0.964 bits per heavy atom. The van der Waals surface area contributed by atoms with Crippen molar-refractivity contribution in [3.8, 4) is 5.75 Å². The summed E-state index contributed by atoms with van der Waals surface area (Å²) in [5.74, 6) is 0.875. The first-order valence-corrected chi connectivity index (χ1v) is 10.1. The maximum absolute atomic E-state index is 13.0. The molecule has 0 bridgehead atoms. The number of rotatable bonds is 8. The monoisotopic (exact) mass is 382 g/mol. The van der Waals surface area contributed by atoms with Crippen molar-refractivity contribution in [3.05, 3.63) is 65.2 Å². The number of carbonyl (C=O) groups excluding carboxylic acids is 1. The van der Waals surface area contributed by atoms with Gasteiger partial charge in [-0.3, -0.25) is 9.69 Å². The van der Waals surface area contributed by atoms with Crippen LogP contribution in [0.5, 0.6) is 5.75 Å². The standard InChI is InChI=1S/C23H30N2O3/c1-3-27-18-21-16-20(10-11-22(21)28-4-2)23(26)25-14-12-24(13-15-25)17-19-8-6-5-7-9-19/h5-11,16H,3-4,12-15,17-18H2,1-2H3. The maximum Gasteiger partial charge on any atom is 0.253 e. The van der Waals surface area contributed by atoms with Gasteiger partial charge in [-0.2, -0.15) is 0 Å². The van der Waals surface area contributed by atoms with Crippen LogP contribution in [0.4, 0.5) is 0 Å². The molecular formula is C23H30N2O3. The van der Waals surface area contributed by atoms with E-state index in [2.05, 4.69) is 29.2 Å². The summed E-state index contributed by atoms with van der Waals surface area (Å²) in [6.07, 6.45) is 0. The normalized spacial score (nSPS) is 14.9. The zero-order valence-electron chi connectivity index (χ0n) is 16.9. The highest BCUT2D eigenvalue weighted by Gasteiger charge is 2.23. The lowest BCUT2D eigenvalue weighted by molar-refractivity contribution is 0.0628. The minimum atomic E-state index is 0.0835. The fraction of sp³-hybridized carbons (Fsp3) is 0.435. The summed E-state index contributed by atoms with van der Waals surface area (Å²) in [6, 6.07) is 16.1. The first-order chi connectivity index (χ1) is 13.7. The zero-order chi connectivity index (χ0) is 19.8. The Morgan fingerprint density at radius 3 is 2.39 bits per heavy atom. The third kappa shape index (κ3) is 5.33. The number of carbonyl (C=O) groups is 1. The average molecular weight is 383 g/mol. The molecule has 3 rings (SSSR count). The molecule has 0 aliphatic carbocycles. The Morgan fingerprint density at radius 2 is 1.71 bits per heavy atom. The van der Waals surface area contributed by atoms with E-state index in [1.165, 1.54) is 5.56 Å². The molecule has 0 aromatic heterocycles. The van der Waals surface area contributed by atoms with Gasteiger partial charge in [0, 0.05) is 50.5 Å². The van der Waals surface area contributed by atoms with Crippen LogP contribution in [0.1, 0.15) is 35.3 Å². The molecule has 0 unspecified atom stereocenters. The molecule has 1 heterocycles. The van der Waals surface area contributed by atoms with E-state index in [9.17, 15) is 4.79 Å². The van der Waals surface area contributed by atoms with Crippen LogP contribution < -0.4 is 4.74 Å². The SMILES string of the molecule is CCOCc1cc(C(=O)N2CCN(Cc3ccccc3)CC2)ccc1OCC. The van der Waals surface area contributed by atoms with E-state index in [-0.39, 0.29) is 5.91 Å².